The highest BCUT2D eigenvalue weighted by atomic mass is 16.1. The first-order valence-electron chi connectivity index (χ1n) is 4.79. The number of carbonyl (C=O) groups excluding carboxylic acids is 1. The molecule has 2 atom stereocenters. The molecule has 0 saturated carbocycles. The van der Waals surface area contributed by atoms with E-state index >= 15 is 0 Å². The van der Waals surface area contributed by atoms with Crippen LogP contribution in [0.25, 0.3) is 0 Å². The van der Waals surface area contributed by atoms with Gasteiger partial charge in [0.05, 0.1) is 6.04 Å². The van der Waals surface area contributed by atoms with Gasteiger partial charge in [-0.1, -0.05) is 0 Å². The quantitative estimate of drug-likeness (QED) is 0.610. The molecule has 0 spiro atoms. The maximum atomic E-state index is 10.7. The van der Waals surface area contributed by atoms with Crippen LogP contribution in [0.2, 0.25) is 0 Å². The van der Waals surface area contributed by atoms with E-state index in [1.54, 1.807) is 12.4 Å². The second-order valence-corrected chi connectivity index (χ2v) is 3.42. The molecule has 0 bridgehead atoms. The van der Waals surface area contributed by atoms with Crippen molar-refractivity contribution in [1.82, 2.24) is 10.3 Å². The molecule has 5 heteroatoms. The largest absolute Gasteiger partial charge is 0.368 e. The SMILES string of the molecule is C[C@@H](NCC(N)C(N)=O)c1ccncc1. The molecule has 1 rings (SSSR count). The second-order valence-electron chi connectivity index (χ2n) is 3.42. The topological polar surface area (TPSA) is 94.0 Å². The van der Waals surface area contributed by atoms with Crippen LogP contribution in [0.15, 0.2) is 24.5 Å². The van der Waals surface area contributed by atoms with Crippen LogP contribution < -0.4 is 16.8 Å². The van der Waals surface area contributed by atoms with Crippen LogP contribution in [0.4, 0.5) is 0 Å². The first kappa shape index (κ1) is 11.6. The zero-order valence-corrected chi connectivity index (χ0v) is 8.68. The lowest BCUT2D eigenvalue weighted by Gasteiger charge is -2.16. The van der Waals surface area contributed by atoms with E-state index in [2.05, 4.69) is 10.3 Å². The molecular weight excluding hydrogens is 192 g/mol. The van der Waals surface area contributed by atoms with Crippen LogP contribution in [-0.4, -0.2) is 23.5 Å². The van der Waals surface area contributed by atoms with Crippen molar-refractivity contribution in [3.63, 3.8) is 0 Å². The van der Waals surface area contributed by atoms with Crippen molar-refractivity contribution in [3.8, 4) is 0 Å². The molecule has 0 radical (unpaired) electrons. The Balaban J connectivity index is 2.43. The van der Waals surface area contributed by atoms with Gasteiger partial charge in [0, 0.05) is 25.0 Å². The smallest absolute Gasteiger partial charge is 0.235 e. The number of primary amides is 1. The number of rotatable bonds is 5. The highest BCUT2D eigenvalue weighted by Crippen LogP contribution is 2.09. The van der Waals surface area contributed by atoms with Gasteiger partial charge in [0.2, 0.25) is 5.91 Å². The van der Waals surface area contributed by atoms with Crippen LogP contribution in [-0.2, 0) is 4.79 Å². The number of hydrogen-bond acceptors (Lipinski definition) is 4. The van der Waals surface area contributed by atoms with Crippen molar-refractivity contribution in [2.45, 2.75) is 19.0 Å². The summed E-state index contributed by atoms with van der Waals surface area (Å²) in [7, 11) is 0. The molecular formula is C10H16N4O. The van der Waals surface area contributed by atoms with Crippen LogP contribution in [0, 0.1) is 0 Å². The number of nitrogens with one attached hydrogen (secondary N) is 1. The third-order valence-corrected chi connectivity index (χ3v) is 2.22. The Labute approximate surface area is 88.9 Å². The summed E-state index contributed by atoms with van der Waals surface area (Å²) in [6, 6.07) is 3.30. The molecule has 0 aliphatic heterocycles. The van der Waals surface area contributed by atoms with E-state index in [-0.39, 0.29) is 6.04 Å². The monoisotopic (exact) mass is 208 g/mol. The Morgan fingerprint density at radius 2 is 2.13 bits per heavy atom. The summed E-state index contributed by atoms with van der Waals surface area (Å²) < 4.78 is 0. The summed E-state index contributed by atoms with van der Waals surface area (Å²) in [5.74, 6) is -0.496. The van der Waals surface area contributed by atoms with Gasteiger partial charge in [-0.15, -0.1) is 0 Å². The first-order chi connectivity index (χ1) is 7.11. The molecule has 0 aromatic carbocycles. The van der Waals surface area contributed by atoms with Gasteiger partial charge in [-0.05, 0) is 24.6 Å². The minimum Gasteiger partial charge on any atom is -0.368 e. The Bertz CT molecular complexity index is 314. The molecule has 1 heterocycles. The fourth-order valence-electron chi connectivity index (χ4n) is 1.17. The third-order valence-electron chi connectivity index (χ3n) is 2.22. The summed E-state index contributed by atoms with van der Waals surface area (Å²) in [5, 5.41) is 3.13. The molecule has 1 aromatic rings. The van der Waals surface area contributed by atoms with E-state index in [4.69, 9.17) is 11.5 Å². The predicted octanol–water partition coefficient (Wildman–Crippen LogP) is -0.455. The number of hydrogen-bond donors (Lipinski definition) is 3. The summed E-state index contributed by atoms with van der Waals surface area (Å²) >= 11 is 0. The Morgan fingerprint density at radius 3 is 2.67 bits per heavy atom. The third kappa shape index (κ3) is 3.65. The molecule has 0 aliphatic rings. The van der Waals surface area contributed by atoms with Crippen LogP contribution in [0.5, 0.6) is 0 Å². The molecule has 0 aliphatic carbocycles. The first-order valence-corrected chi connectivity index (χ1v) is 4.79. The fraction of sp³-hybridized carbons (Fsp3) is 0.400. The lowest BCUT2D eigenvalue weighted by atomic mass is 10.1. The van der Waals surface area contributed by atoms with Gasteiger partial charge in [-0.2, -0.15) is 0 Å². The van der Waals surface area contributed by atoms with Gasteiger partial charge in [-0.25, -0.2) is 0 Å². The predicted molar refractivity (Wildman–Crippen MR) is 57.8 cm³/mol. The molecule has 0 fully saturated rings. The lowest BCUT2D eigenvalue weighted by Crippen LogP contribution is -2.44. The number of pyridine rings is 1. The zero-order valence-electron chi connectivity index (χ0n) is 8.68. The molecule has 5 nitrogen and oxygen atoms in total. The van der Waals surface area contributed by atoms with Crippen LogP contribution in [0.1, 0.15) is 18.5 Å². The molecule has 1 unspecified atom stereocenters. The van der Waals surface area contributed by atoms with Crippen LogP contribution in [0.3, 0.4) is 0 Å². The average molecular weight is 208 g/mol. The Morgan fingerprint density at radius 1 is 1.53 bits per heavy atom. The maximum absolute atomic E-state index is 10.7. The minimum absolute atomic E-state index is 0.124. The number of carbonyl (C=O) groups is 1. The van der Waals surface area contributed by atoms with Crippen molar-refractivity contribution in [1.29, 1.82) is 0 Å². The van der Waals surface area contributed by atoms with Crippen LogP contribution >= 0.6 is 0 Å². The Kier molecular flexibility index (Phi) is 4.20. The second kappa shape index (κ2) is 5.43. The molecule has 15 heavy (non-hydrogen) atoms. The van der Waals surface area contributed by atoms with Gasteiger partial charge in [0.15, 0.2) is 0 Å². The average Bonchev–Trinajstić information content (AvgIpc) is 2.26. The van der Waals surface area contributed by atoms with Gasteiger partial charge < -0.3 is 16.8 Å². The summed E-state index contributed by atoms with van der Waals surface area (Å²) in [5.41, 5.74) is 11.6. The number of aromatic nitrogens is 1. The van der Waals surface area contributed by atoms with Crippen molar-refractivity contribution in [3.05, 3.63) is 30.1 Å². The number of nitrogens with two attached hydrogens (primary N) is 2. The molecule has 82 valence electrons. The number of amides is 1. The van der Waals surface area contributed by atoms with E-state index < -0.39 is 11.9 Å². The molecule has 5 N–H and O–H groups in total. The standard InChI is InChI=1S/C10H16N4O/c1-7(8-2-4-13-5-3-8)14-6-9(11)10(12)15/h2-5,7,9,14H,6,11H2,1H3,(H2,12,15)/t7-,9?/m1/s1. The van der Waals surface area contributed by atoms with E-state index in [9.17, 15) is 4.79 Å². The summed E-state index contributed by atoms with van der Waals surface area (Å²) in [4.78, 5) is 14.6. The molecule has 0 saturated heterocycles. The van der Waals surface area contributed by atoms with Crippen molar-refractivity contribution >= 4 is 5.91 Å². The van der Waals surface area contributed by atoms with Gasteiger partial charge >= 0.3 is 0 Å². The summed E-state index contributed by atoms with van der Waals surface area (Å²) in [6.45, 7) is 2.36. The molecule has 1 amide bonds. The highest BCUT2D eigenvalue weighted by molar-refractivity contribution is 5.79. The Hall–Kier alpha value is -1.46. The lowest BCUT2D eigenvalue weighted by molar-refractivity contribution is -0.119. The fourth-order valence-corrected chi connectivity index (χ4v) is 1.17. The van der Waals surface area contributed by atoms with Crippen molar-refractivity contribution < 1.29 is 4.79 Å². The van der Waals surface area contributed by atoms with Crippen molar-refractivity contribution in [2.75, 3.05) is 6.54 Å². The van der Waals surface area contributed by atoms with Gasteiger partial charge in [0.1, 0.15) is 0 Å². The van der Waals surface area contributed by atoms with Gasteiger partial charge in [-0.3, -0.25) is 9.78 Å². The number of nitrogens with zero attached hydrogens (tertiary/aromatic N) is 1. The van der Waals surface area contributed by atoms with E-state index in [0.717, 1.165) is 5.56 Å². The normalized spacial score (nSPS) is 14.5. The van der Waals surface area contributed by atoms with E-state index in [0.29, 0.717) is 6.54 Å². The molecule has 1 aromatic heterocycles. The minimum atomic E-state index is -0.644. The van der Waals surface area contributed by atoms with E-state index in [1.807, 2.05) is 19.1 Å². The highest BCUT2D eigenvalue weighted by Gasteiger charge is 2.11. The van der Waals surface area contributed by atoms with E-state index in [1.165, 1.54) is 0 Å². The zero-order chi connectivity index (χ0) is 11.3. The maximum Gasteiger partial charge on any atom is 0.235 e. The summed E-state index contributed by atoms with van der Waals surface area (Å²) in [6.07, 6.45) is 3.45. The van der Waals surface area contributed by atoms with Crippen molar-refractivity contribution in [2.24, 2.45) is 11.5 Å². The van der Waals surface area contributed by atoms with Gasteiger partial charge in [0.25, 0.3) is 0 Å².